The van der Waals surface area contributed by atoms with E-state index in [1.807, 2.05) is 48.5 Å². The Kier molecular flexibility index (Phi) is 8.04. The van der Waals surface area contributed by atoms with Crippen molar-refractivity contribution in [2.75, 3.05) is 6.61 Å². The van der Waals surface area contributed by atoms with E-state index < -0.39 is 18.1 Å². The van der Waals surface area contributed by atoms with Gasteiger partial charge in [-0.2, -0.15) is 5.26 Å². The Bertz CT molecular complexity index is 1140. The van der Waals surface area contributed by atoms with Gasteiger partial charge in [-0.3, -0.25) is 4.79 Å². The van der Waals surface area contributed by atoms with Crippen LogP contribution in [0.3, 0.4) is 0 Å². The molecule has 1 N–H and O–H groups in total. The molecule has 0 saturated carbocycles. The van der Waals surface area contributed by atoms with Gasteiger partial charge in [0, 0.05) is 0 Å². The van der Waals surface area contributed by atoms with E-state index in [2.05, 4.69) is 19.2 Å². The summed E-state index contributed by atoms with van der Waals surface area (Å²) in [7, 11) is 0. The number of benzene rings is 3. The molecule has 0 aliphatic heterocycles. The van der Waals surface area contributed by atoms with E-state index in [1.165, 1.54) is 0 Å². The molecule has 2 atom stereocenters. The van der Waals surface area contributed by atoms with Gasteiger partial charge in [0.25, 0.3) is 6.23 Å². The highest BCUT2D eigenvalue weighted by molar-refractivity contribution is 5.94. The zero-order valence-electron chi connectivity index (χ0n) is 19.1. The minimum atomic E-state index is -1.31. The molecule has 0 saturated heterocycles. The monoisotopic (exact) mass is 444 g/mol. The second-order valence-corrected chi connectivity index (χ2v) is 8.15. The van der Waals surface area contributed by atoms with Crippen LogP contribution in [0.4, 0.5) is 0 Å². The molecule has 3 rings (SSSR count). The van der Waals surface area contributed by atoms with E-state index in [9.17, 15) is 9.59 Å². The van der Waals surface area contributed by atoms with E-state index in [0.717, 1.165) is 16.3 Å². The van der Waals surface area contributed by atoms with Crippen LogP contribution < -0.4 is 10.1 Å². The molecule has 0 bridgehead atoms. The van der Waals surface area contributed by atoms with E-state index >= 15 is 0 Å². The number of amides is 1. The van der Waals surface area contributed by atoms with E-state index in [-0.39, 0.29) is 18.4 Å². The van der Waals surface area contributed by atoms with Crippen molar-refractivity contribution < 1.29 is 19.1 Å². The van der Waals surface area contributed by atoms with Gasteiger partial charge in [-0.15, -0.1) is 0 Å². The second kappa shape index (κ2) is 11.1. The number of nitriles is 1. The van der Waals surface area contributed by atoms with Crippen molar-refractivity contribution in [2.45, 2.75) is 39.3 Å². The molecule has 0 radical (unpaired) electrons. The number of fused-ring (bicyclic) bond motifs is 1. The first-order valence-electron chi connectivity index (χ1n) is 11.0. The summed E-state index contributed by atoms with van der Waals surface area (Å²) in [6, 6.07) is 22.2. The Balaban J connectivity index is 1.90. The SMILES string of the molecule is CCOC(=O)C(NC(=O)C(CC(C)C)c1cccc2ccccc12)Oc1ccc(C#N)cc1. The maximum absolute atomic E-state index is 13.5. The topological polar surface area (TPSA) is 88.4 Å². The van der Waals surface area contributed by atoms with Crippen molar-refractivity contribution in [3.8, 4) is 11.8 Å². The average Bonchev–Trinajstić information content (AvgIpc) is 2.82. The van der Waals surface area contributed by atoms with Crippen molar-refractivity contribution in [1.29, 1.82) is 5.26 Å². The van der Waals surface area contributed by atoms with Crippen molar-refractivity contribution >= 4 is 22.6 Å². The molecule has 2 unspecified atom stereocenters. The molecule has 3 aromatic rings. The lowest BCUT2D eigenvalue weighted by molar-refractivity contribution is -0.155. The molecule has 170 valence electrons. The van der Waals surface area contributed by atoms with Crippen LogP contribution in [-0.4, -0.2) is 24.7 Å². The third-order valence-electron chi connectivity index (χ3n) is 5.23. The number of hydrogen-bond acceptors (Lipinski definition) is 5. The number of nitrogens with one attached hydrogen (secondary N) is 1. The summed E-state index contributed by atoms with van der Waals surface area (Å²) in [4.78, 5) is 26.1. The molecule has 6 heteroatoms. The van der Waals surface area contributed by atoms with Gasteiger partial charge in [0.15, 0.2) is 0 Å². The lowest BCUT2D eigenvalue weighted by atomic mass is 9.86. The van der Waals surface area contributed by atoms with Crippen LogP contribution in [0.5, 0.6) is 5.75 Å². The van der Waals surface area contributed by atoms with Crippen LogP contribution in [0.25, 0.3) is 10.8 Å². The van der Waals surface area contributed by atoms with E-state index in [4.69, 9.17) is 14.7 Å². The van der Waals surface area contributed by atoms with Gasteiger partial charge in [-0.1, -0.05) is 56.3 Å². The van der Waals surface area contributed by atoms with E-state index in [1.54, 1.807) is 31.2 Å². The molecule has 0 spiro atoms. The second-order valence-electron chi connectivity index (χ2n) is 8.15. The quantitative estimate of drug-likeness (QED) is 0.374. The van der Waals surface area contributed by atoms with Gasteiger partial charge in [0.05, 0.1) is 24.2 Å². The lowest BCUT2D eigenvalue weighted by Gasteiger charge is -2.24. The highest BCUT2D eigenvalue weighted by Crippen LogP contribution is 2.31. The molecule has 3 aromatic carbocycles. The van der Waals surface area contributed by atoms with Crippen molar-refractivity contribution in [1.82, 2.24) is 5.32 Å². The van der Waals surface area contributed by atoms with Crippen molar-refractivity contribution in [3.63, 3.8) is 0 Å². The van der Waals surface area contributed by atoms with Crippen LogP contribution in [0.1, 0.15) is 44.2 Å². The normalized spacial score (nSPS) is 12.6. The molecule has 0 fully saturated rings. The molecule has 0 heterocycles. The summed E-state index contributed by atoms with van der Waals surface area (Å²) in [6.45, 7) is 5.96. The summed E-state index contributed by atoms with van der Waals surface area (Å²) >= 11 is 0. The van der Waals surface area contributed by atoms with Gasteiger partial charge in [-0.05, 0) is 59.9 Å². The van der Waals surface area contributed by atoms with Crippen LogP contribution in [0.2, 0.25) is 0 Å². The molecule has 0 aliphatic rings. The molecular formula is C27H28N2O4. The van der Waals surface area contributed by atoms with Gasteiger partial charge in [0.2, 0.25) is 5.91 Å². The smallest absolute Gasteiger partial charge is 0.369 e. The summed E-state index contributed by atoms with van der Waals surface area (Å²) in [6.07, 6.45) is -0.707. The highest BCUT2D eigenvalue weighted by Gasteiger charge is 2.30. The molecule has 0 aliphatic carbocycles. The fraction of sp³-hybridized carbons (Fsp3) is 0.296. The zero-order valence-corrected chi connectivity index (χ0v) is 19.1. The first kappa shape index (κ1) is 23.8. The third-order valence-corrected chi connectivity index (χ3v) is 5.23. The van der Waals surface area contributed by atoms with Crippen LogP contribution >= 0.6 is 0 Å². The Morgan fingerprint density at radius 1 is 1.00 bits per heavy atom. The lowest BCUT2D eigenvalue weighted by Crippen LogP contribution is -2.47. The summed E-state index contributed by atoms with van der Waals surface area (Å²) in [5.41, 5.74) is 1.37. The summed E-state index contributed by atoms with van der Waals surface area (Å²) in [5, 5.41) is 13.8. The third kappa shape index (κ3) is 6.11. The van der Waals surface area contributed by atoms with Gasteiger partial charge < -0.3 is 14.8 Å². The first-order chi connectivity index (χ1) is 15.9. The predicted molar refractivity (Wildman–Crippen MR) is 126 cm³/mol. The Hall–Kier alpha value is -3.85. The van der Waals surface area contributed by atoms with Crippen molar-refractivity contribution in [3.05, 3.63) is 77.9 Å². The maximum Gasteiger partial charge on any atom is 0.369 e. The maximum atomic E-state index is 13.5. The van der Waals surface area contributed by atoms with E-state index in [0.29, 0.717) is 17.7 Å². The molecule has 1 amide bonds. The minimum Gasteiger partial charge on any atom is -0.462 e. The van der Waals surface area contributed by atoms with Gasteiger partial charge in [-0.25, -0.2) is 4.79 Å². The van der Waals surface area contributed by atoms with Crippen LogP contribution in [0.15, 0.2) is 66.7 Å². The Labute approximate surface area is 194 Å². The zero-order chi connectivity index (χ0) is 23.8. The molecule has 33 heavy (non-hydrogen) atoms. The Morgan fingerprint density at radius 2 is 1.70 bits per heavy atom. The van der Waals surface area contributed by atoms with Crippen LogP contribution in [0, 0.1) is 17.2 Å². The standard InChI is InChI=1S/C27H28N2O4/c1-4-32-27(31)26(33-21-14-12-19(17-28)13-15-21)29-25(30)24(16-18(2)3)23-11-7-9-20-8-5-6-10-22(20)23/h5-15,18,24,26H,4,16H2,1-3H3,(H,29,30). The molecule has 0 aromatic heterocycles. The Morgan fingerprint density at radius 3 is 2.36 bits per heavy atom. The number of nitrogens with zero attached hydrogens (tertiary/aromatic N) is 1. The molecule has 6 nitrogen and oxygen atoms in total. The van der Waals surface area contributed by atoms with Crippen LogP contribution in [-0.2, 0) is 14.3 Å². The number of esters is 1. The predicted octanol–water partition coefficient (Wildman–Crippen LogP) is 4.93. The largest absolute Gasteiger partial charge is 0.462 e. The van der Waals surface area contributed by atoms with Crippen molar-refractivity contribution in [2.24, 2.45) is 5.92 Å². The summed E-state index contributed by atoms with van der Waals surface area (Å²) in [5.74, 6) is -0.876. The fourth-order valence-corrected chi connectivity index (χ4v) is 3.73. The summed E-state index contributed by atoms with van der Waals surface area (Å²) < 4.78 is 10.9. The molecular weight excluding hydrogens is 416 g/mol. The number of ether oxygens (including phenoxy) is 2. The number of rotatable bonds is 9. The number of hydrogen-bond donors (Lipinski definition) is 1. The highest BCUT2D eigenvalue weighted by atomic mass is 16.6. The van der Waals surface area contributed by atoms with Gasteiger partial charge in [0.1, 0.15) is 5.75 Å². The fourth-order valence-electron chi connectivity index (χ4n) is 3.73. The van der Waals surface area contributed by atoms with Gasteiger partial charge >= 0.3 is 5.97 Å². The number of carbonyl (C=O) groups excluding carboxylic acids is 2. The first-order valence-corrected chi connectivity index (χ1v) is 11.0. The average molecular weight is 445 g/mol. The minimum absolute atomic E-state index is 0.153. The number of carbonyl (C=O) groups is 2.